The minimum Gasteiger partial charge on any atom is -0.444 e. The van der Waals surface area contributed by atoms with E-state index in [1.165, 1.54) is 0 Å². The molecule has 0 heterocycles. The van der Waals surface area contributed by atoms with Gasteiger partial charge in [-0.2, -0.15) is 0 Å². The minimum absolute atomic E-state index is 0.193. The van der Waals surface area contributed by atoms with Gasteiger partial charge in [-0.1, -0.05) is 20.3 Å². The molecule has 0 saturated carbocycles. The fourth-order valence-corrected chi connectivity index (χ4v) is 1.12. The molecule has 106 valence electrons. The van der Waals surface area contributed by atoms with Crippen LogP contribution in [0.15, 0.2) is 0 Å². The van der Waals surface area contributed by atoms with Crippen LogP contribution in [-0.2, 0) is 9.53 Å². The van der Waals surface area contributed by atoms with Gasteiger partial charge in [0.1, 0.15) is 11.6 Å². The Morgan fingerprint density at radius 3 is 2.22 bits per heavy atom. The Morgan fingerprint density at radius 2 is 1.78 bits per heavy atom. The van der Waals surface area contributed by atoms with Crippen LogP contribution in [0.3, 0.4) is 0 Å². The maximum absolute atomic E-state index is 11.7. The van der Waals surface area contributed by atoms with Crippen LogP contribution in [0.4, 0.5) is 4.79 Å². The summed E-state index contributed by atoms with van der Waals surface area (Å²) in [6, 6.07) is -0.594. The van der Waals surface area contributed by atoms with Crippen molar-refractivity contribution in [3.05, 3.63) is 0 Å². The summed E-state index contributed by atoms with van der Waals surface area (Å²) in [7, 11) is 0. The van der Waals surface area contributed by atoms with Gasteiger partial charge in [-0.15, -0.1) is 0 Å². The number of rotatable bonds is 5. The van der Waals surface area contributed by atoms with Gasteiger partial charge in [-0.05, 0) is 33.6 Å². The SMILES string of the molecule is CCC(C)CNC(=O)[C@H](C)NC(=O)OC(C)(C)C. The van der Waals surface area contributed by atoms with Crippen LogP contribution in [0.1, 0.15) is 48.0 Å². The third-order valence-electron chi connectivity index (χ3n) is 2.45. The van der Waals surface area contributed by atoms with E-state index in [0.29, 0.717) is 12.5 Å². The van der Waals surface area contributed by atoms with Crippen LogP contribution in [0.25, 0.3) is 0 Å². The molecule has 0 aliphatic carbocycles. The molecule has 0 bridgehead atoms. The number of hydrogen-bond donors (Lipinski definition) is 2. The summed E-state index contributed by atoms with van der Waals surface area (Å²) >= 11 is 0. The van der Waals surface area contributed by atoms with Gasteiger partial charge in [0.15, 0.2) is 0 Å². The molecule has 0 saturated heterocycles. The zero-order valence-electron chi connectivity index (χ0n) is 12.3. The van der Waals surface area contributed by atoms with E-state index < -0.39 is 17.7 Å². The van der Waals surface area contributed by atoms with E-state index in [-0.39, 0.29) is 5.91 Å². The van der Waals surface area contributed by atoms with Crippen LogP contribution >= 0.6 is 0 Å². The first-order valence-corrected chi connectivity index (χ1v) is 6.43. The minimum atomic E-state index is -0.594. The van der Waals surface area contributed by atoms with Crippen molar-refractivity contribution in [2.45, 2.75) is 59.6 Å². The van der Waals surface area contributed by atoms with Crippen molar-refractivity contribution in [2.24, 2.45) is 5.92 Å². The largest absolute Gasteiger partial charge is 0.444 e. The number of alkyl carbamates (subject to hydrolysis) is 1. The van der Waals surface area contributed by atoms with Crippen molar-refractivity contribution in [3.8, 4) is 0 Å². The van der Waals surface area contributed by atoms with Gasteiger partial charge in [0.05, 0.1) is 0 Å². The number of hydrogen-bond acceptors (Lipinski definition) is 3. The lowest BCUT2D eigenvalue weighted by molar-refractivity contribution is -0.122. The van der Waals surface area contributed by atoms with Crippen molar-refractivity contribution < 1.29 is 14.3 Å². The first-order chi connectivity index (χ1) is 8.15. The average Bonchev–Trinajstić information content (AvgIpc) is 2.22. The fourth-order valence-electron chi connectivity index (χ4n) is 1.12. The quantitative estimate of drug-likeness (QED) is 0.793. The van der Waals surface area contributed by atoms with Crippen LogP contribution in [0.2, 0.25) is 0 Å². The number of carbonyl (C=O) groups excluding carboxylic acids is 2. The highest BCUT2D eigenvalue weighted by Gasteiger charge is 2.20. The second-order valence-corrected chi connectivity index (χ2v) is 5.63. The standard InChI is InChI=1S/C13H26N2O3/c1-7-9(2)8-14-11(16)10(3)15-12(17)18-13(4,5)6/h9-10H,7-8H2,1-6H3,(H,14,16)(H,15,17)/t9?,10-/m0/s1. The van der Waals surface area contributed by atoms with Gasteiger partial charge >= 0.3 is 6.09 Å². The summed E-state index contributed by atoms with van der Waals surface area (Å²) in [6.45, 7) is 11.7. The highest BCUT2D eigenvalue weighted by Crippen LogP contribution is 2.06. The molecule has 2 atom stereocenters. The Bertz CT molecular complexity index is 284. The van der Waals surface area contributed by atoms with Crippen LogP contribution in [0.5, 0.6) is 0 Å². The molecular formula is C13H26N2O3. The van der Waals surface area contributed by atoms with Crippen molar-refractivity contribution in [2.75, 3.05) is 6.54 Å². The molecule has 0 aromatic carbocycles. The molecule has 0 aromatic rings. The first-order valence-electron chi connectivity index (χ1n) is 6.43. The zero-order chi connectivity index (χ0) is 14.3. The molecule has 1 unspecified atom stereocenters. The lowest BCUT2D eigenvalue weighted by atomic mass is 10.1. The second kappa shape index (κ2) is 7.24. The molecule has 18 heavy (non-hydrogen) atoms. The van der Waals surface area contributed by atoms with Crippen molar-refractivity contribution >= 4 is 12.0 Å². The topological polar surface area (TPSA) is 67.4 Å². The molecule has 5 heteroatoms. The number of amides is 2. The molecule has 0 aliphatic rings. The Hall–Kier alpha value is -1.26. The Labute approximate surface area is 110 Å². The summed E-state index contributed by atoms with van der Waals surface area (Å²) < 4.78 is 5.08. The van der Waals surface area contributed by atoms with Crippen molar-refractivity contribution in [1.82, 2.24) is 10.6 Å². The Kier molecular flexibility index (Phi) is 6.73. The van der Waals surface area contributed by atoms with E-state index in [1.54, 1.807) is 27.7 Å². The molecule has 0 aliphatic heterocycles. The molecule has 0 spiro atoms. The summed E-state index contributed by atoms with van der Waals surface area (Å²) in [5.74, 6) is 0.240. The van der Waals surface area contributed by atoms with Gasteiger partial charge in [0.25, 0.3) is 0 Å². The van der Waals surface area contributed by atoms with E-state index in [2.05, 4.69) is 24.5 Å². The fraction of sp³-hybridized carbons (Fsp3) is 0.846. The highest BCUT2D eigenvalue weighted by molar-refractivity contribution is 5.85. The van der Waals surface area contributed by atoms with Gasteiger partial charge in [-0.25, -0.2) is 4.79 Å². The Balaban J connectivity index is 4.04. The Morgan fingerprint density at radius 1 is 1.22 bits per heavy atom. The number of carbonyl (C=O) groups is 2. The lowest BCUT2D eigenvalue weighted by Gasteiger charge is -2.22. The van der Waals surface area contributed by atoms with Gasteiger partial charge in [0, 0.05) is 6.54 Å². The molecule has 0 radical (unpaired) electrons. The third kappa shape index (κ3) is 7.92. The van der Waals surface area contributed by atoms with E-state index >= 15 is 0 Å². The lowest BCUT2D eigenvalue weighted by Crippen LogP contribution is -2.47. The average molecular weight is 258 g/mol. The molecule has 0 aromatic heterocycles. The van der Waals surface area contributed by atoms with Crippen molar-refractivity contribution in [3.63, 3.8) is 0 Å². The third-order valence-corrected chi connectivity index (χ3v) is 2.45. The van der Waals surface area contributed by atoms with Gasteiger partial charge in [0.2, 0.25) is 5.91 Å². The molecule has 2 N–H and O–H groups in total. The van der Waals surface area contributed by atoms with Crippen LogP contribution < -0.4 is 10.6 Å². The highest BCUT2D eigenvalue weighted by atomic mass is 16.6. The number of nitrogens with one attached hydrogen (secondary N) is 2. The van der Waals surface area contributed by atoms with E-state index in [4.69, 9.17) is 4.74 Å². The summed E-state index contributed by atoms with van der Waals surface area (Å²) in [5, 5.41) is 5.30. The van der Waals surface area contributed by atoms with Gasteiger partial charge in [-0.3, -0.25) is 4.79 Å². The molecule has 0 rings (SSSR count). The first kappa shape index (κ1) is 16.7. The summed E-state index contributed by atoms with van der Waals surface area (Å²) in [5.41, 5.74) is -0.559. The molecule has 5 nitrogen and oxygen atoms in total. The normalized spacial score (nSPS) is 14.6. The zero-order valence-corrected chi connectivity index (χ0v) is 12.3. The molecule has 0 fully saturated rings. The monoisotopic (exact) mass is 258 g/mol. The summed E-state index contributed by atoms with van der Waals surface area (Å²) in [4.78, 5) is 23.1. The van der Waals surface area contributed by atoms with E-state index in [1.807, 2.05) is 0 Å². The predicted octanol–water partition coefficient (Wildman–Crippen LogP) is 2.06. The second-order valence-electron chi connectivity index (χ2n) is 5.63. The van der Waals surface area contributed by atoms with Gasteiger partial charge < -0.3 is 15.4 Å². The summed E-state index contributed by atoms with van der Waals surface area (Å²) in [6.07, 6.45) is 0.433. The predicted molar refractivity (Wildman–Crippen MR) is 71.3 cm³/mol. The van der Waals surface area contributed by atoms with E-state index in [0.717, 1.165) is 6.42 Å². The molecular weight excluding hydrogens is 232 g/mol. The number of ether oxygens (including phenoxy) is 1. The molecule has 2 amide bonds. The maximum atomic E-state index is 11.7. The smallest absolute Gasteiger partial charge is 0.408 e. The van der Waals surface area contributed by atoms with Crippen molar-refractivity contribution in [1.29, 1.82) is 0 Å². The van der Waals surface area contributed by atoms with Crippen LogP contribution in [-0.4, -0.2) is 30.2 Å². The van der Waals surface area contributed by atoms with E-state index in [9.17, 15) is 9.59 Å². The van der Waals surface area contributed by atoms with Crippen LogP contribution in [0, 0.1) is 5.92 Å². The maximum Gasteiger partial charge on any atom is 0.408 e.